The van der Waals surface area contributed by atoms with Crippen LogP contribution in [0.3, 0.4) is 0 Å². The van der Waals surface area contributed by atoms with E-state index in [9.17, 15) is 13.2 Å². The van der Waals surface area contributed by atoms with Crippen LogP contribution in [0.2, 0.25) is 0 Å². The molecule has 5 heteroatoms. The van der Waals surface area contributed by atoms with Crippen molar-refractivity contribution < 1.29 is 18.4 Å². The molecule has 0 aromatic heterocycles. The van der Waals surface area contributed by atoms with Crippen LogP contribution in [0, 0.1) is 11.8 Å². The highest BCUT2D eigenvalue weighted by molar-refractivity contribution is 5.97. The van der Waals surface area contributed by atoms with Crippen molar-refractivity contribution in [3.63, 3.8) is 0 Å². The van der Waals surface area contributed by atoms with Gasteiger partial charge in [-0.1, -0.05) is 29.8 Å². The van der Waals surface area contributed by atoms with Crippen molar-refractivity contribution in [1.29, 1.82) is 0 Å². The summed E-state index contributed by atoms with van der Waals surface area (Å²) in [7, 11) is 0. The van der Waals surface area contributed by atoms with E-state index in [0.717, 1.165) is 25.3 Å². The van der Waals surface area contributed by atoms with Crippen molar-refractivity contribution in [3.8, 4) is 0 Å². The number of hydrogen-bond donors (Lipinski definition) is 1. The third kappa shape index (κ3) is 1.83. The summed E-state index contributed by atoms with van der Waals surface area (Å²) in [5.74, 6) is -0.183. The molecule has 1 aromatic rings. The van der Waals surface area contributed by atoms with Gasteiger partial charge in [0, 0.05) is 17.8 Å². The van der Waals surface area contributed by atoms with Crippen LogP contribution >= 0.6 is 0 Å². The second-order valence-electron chi connectivity index (χ2n) is 5.28. The minimum Gasteiger partial charge on any atom is -0.411 e. The Kier molecular flexibility index (Phi) is 2.80. The summed E-state index contributed by atoms with van der Waals surface area (Å²) in [5, 5.41) is 12.2. The number of nitrogens with zero attached hydrogens (tertiary/aromatic N) is 1. The lowest BCUT2D eigenvalue weighted by Crippen LogP contribution is -2.49. The number of fused-ring (bicyclic) bond motifs is 2. The molecule has 2 saturated carbocycles. The van der Waals surface area contributed by atoms with E-state index in [0.29, 0.717) is 11.3 Å². The van der Waals surface area contributed by atoms with Crippen LogP contribution in [0.5, 0.6) is 0 Å². The van der Waals surface area contributed by atoms with Crippen molar-refractivity contribution in [3.05, 3.63) is 35.4 Å². The van der Waals surface area contributed by atoms with E-state index in [-0.39, 0.29) is 17.8 Å². The molecule has 0 aliphatic heterocycles. The Morgan fingerprint density at radius 1 is 1.11 bits per heavy atom. The van der Waals surface area contributed by atoms with Gasteiger partial charge in [0.05, 0.1) is 11.3 Å². The lowest BCUT2D eigenvalue weighted by Gasteiger charge is -2.50. The first kappa shape index (κ1) is 12.5. The lowest BCUT2D eigenvalue weighted by molar-refractivity contribution is -0.138. The van der Waals surface area contributed by atoms with Gasteiger partial charge >= 0.3 is 6.18 Å². The lowest BCUT2D eigenvalue weighted by atomic mass is 9.53. The smallest absolute Gasteiger partial charge is 0.411 e. The molecule has 2 unspecified atom stereocenters. The largest absolute Gasteiger partial charge is 0.416 e. The molecule has 1 N–H and O–H groups in total. The number of benzene rings is 1. The molecule has 2 atom stereocenters. The van der Waals surface area contributed by atoms with Crippen LogP contribution in [0.15, 0.2) is 29.4 Å². The van der Waals surface area contributed by atoms with Gasteiger partial charge in [0.2, 0.25) is 0 Å². The first-order valence-corrected chi connectivity index (χ1v) is 6.42. The minimum atomic E-state index is -4.32. The molecule has 2 aliphatic rings. The Morgan fingerprint density at radius 3 is 2.32 bits per heavy atom. The van der Waals surface area contributed by atoms with Crippen LogP contribution in [0.25, 0.3) is 0 Å². The number of hydrogen-bond acceptors (Lipinski definition) is 2. The van der Waals surface area contributed by atoms with E-state index in [4.69, 9.17) is 5.21 Å². The number of rotatable bonds is 1. The van der Waals surface area contributed by atoms with Crippen molar-refractivity contribution in [2.24, 2.45) is 17.0 Å². The summed E-state index contributed by atoms with van der Waals surface area (Å²) >= 11 is 0. The SMILES string of the molecule is ON=C1C2CCCC1C2c1ccccc1C(F)(F)F. The molecule has 3 rings (SSSR count). The number of oxime groups is 1. The highest BCUT2D eigenvalue weighted by atomic mass is 19.4. The van der Waals surface area contributed by atoms with Crippen molar-refractivity contribution >= 4 is 5.71 Å². The van der Waals surface area contributed by atoms with E-state index >= 15 is 0 Å². The summed E-state index contributed by atoms with van der Waals surface area (Å²) in [5.41, 5.74) is 0.499. The van der Waals surface area contributed by atoms with E-state index in [1.54, 1.807) is 12.1 Å². The standard InChI is InChI=1S/C14H14F3NO/c15-14(16,17)11-7-2-1-4-8(11)12-9-5-3-6-10(12)13(9)18-19/h1-2,4,7,9-10,12,19H,3,5-6H2. The molecule has 2 bridgehead atoms. The van der Waals surface area contributed by atoms with Crippen molar-refractivity contribution in [2.45, 2.75) is 31.4 Å². The van der Waals surface area contributed by atoms with Gasteiger partial charge in [-0.15, -0.1) is 0 Å². The van der Waals surface area contributed by atoms with Gasteiger partial charge < -0.3 is 5.21 Å². The van der Waals surface area contributed by atoms with Crippen LogP contribution in [-0.4, -0.2) is 10.9 Å². The summed E-state index contributed by atoms with van der Waals surface area (Å²) < 4.78 is 39.1. The molecule has 102 valence electrons. The Bertz CT molecular complexity index is 510. The predicted octanol–water partition coefficient (Wildman–Crippen LogP) is 4.05. The topological polar surface area (TPSA) is 32.6 Å². The third-order valence-electron chi connectivity index (χ3n) is 4.40. The molecule has 1 aromatic carbocycles. The van der Waals surface area contributed by atoms with Gasteiger partial charge in [-0.3, -0.25) is 0 Å². The van der Waals surface area contributed by atoms with Crippen molar-refractivity contribution in [1.82, 2.24) is 0 Å². The van der Waals surface area contributed by atoms with E-state index in [1.807, 2.05) is 0 Å². The third-order valence-corrected chi connectivity index (χ3v) is 4.40. The molecule has 19 heavy (non-hydrogen) atoms. The number of halogens is 3. The Balaban J connectivity index is 2.01. The van der Waals surface area contributed by atoms with Crippen LogP contribution in [0.4, 0.5) is 13.2 Å². The van der Waals surface area contributed by atoms with Gasteiger partial charge in [0.15, 0.2) is 0 Å². The average molecular weight is 269 g/mol. The Labute approximate surface area is 108 Å². The zero-order chi connectivity index (χ0) is 13.6. The van der Waals surface area contributed by atoms with Gasteiger partial charge in [-0.05, 0) is 24.5 Å². The molecular weight excluding hydrogens is 255 g/mol. The Hall–Kier alpha value is -1.52. The van der Waals surface area contributed by atoms with Crippen LogP contribution < -0.4 is 0 Å². The maximum absolute atomic E-state index is 13.0. The Morgan fingerprint density at radius 2 is 1.74 bits per heavy atom. The molecule has 0 radical (unpaired) electrons. The molecule has 0 saturated heterocycles. The zero-order valence-corrected chi connectivity index (χ0v) is 10.2. The molecule has 2 aliphatic carbocycles. The van der Waals surface area contributed by atoms with Gasteiger partial charge in [0.25, 0.3) is 0 Å². The summed E-state index contributed by atoms with van der Waals surface area (Å²) in [4.78, 5) is 0. The molecule has 0 heterocycles. The molecule has 2 fully saturated rings. The highest BCUT2D eigenvalue weighted by Gasteiger charge is 2.52. The van der Waals surface area contributed by atoms with Gasteiger partial charge in [-0.25, -0.2) is 0 Å². The van der Waals surface area contributed by atoms with Crippen molar-refractivity contribution in [2.75, 3.05) is 0 Å². The minimum absolute atomic E-state index is 0.0211. The highest BCUT2D eigenvalue weighted by Crippen LogP contribution is 2.55. The van der Waals surface area contributed by atoms with E-state index in [1.165, 1.54) is 6.07 Å². The van der Waals surface area contributed by atoms with Crippen LogP contribution in [-0.2, 0) is 6.18 Å². The number of alkyl halides is 3. The zero-order valence-electron chi connectivity index (χ0n) is 10.2. The van der Waals surface area contributed by atoms with Crippen LogP contribution in [0.1, 0.15) is 36.3 Å². The average Bonchev–Trinajstić information content (AvgIpc) is 2.39. The molecule has 0 spiro atoms. The summed E-state index contributed by atoms with van der Waals surface area (Å²) in [6.07, 6.45) is -1.70. The first-order valence-electron chi connectivity index (χ1n) is 6.42. The fourth-order valence-corrected chi connectivity index (χ4v) is 3.64. The van der Waals surface area contributed by atoms with Gasteiger partial charge in [-0.2, -0.15) is 13.2 Å². The molecule has 0 amide bonds. The monoisotopic (exact) mass is 269 g/mol. The van der Waals surface area contributed by atoms with E-state index in [2.05, 4.69) is 5.16 Å². The second-order valence-corrected chi connectivity index (χ2v) is 5.28. The van der Waals surface area contributed by atoms with Gasteiger partial charge in [0.1, 0.15) is 0 Å². The quantitative estimate of drug-likeness (QED) is 0.605. The fourth-order valence-electron chi connectivity index (χ4n) is 3.64. The predicted molar refractivity (Wildman–Crippen MR) is 64.2 cm³/mol. The first-order chi connectivity index (χ1) is 9.04. The molecule has 2 nitrogen and oxygen atoms in total. The normalized spacial score (nSPS) is 29.8. The maximum atomic E-state index is 13.0. The fraction of sp³-hybridized carbons (Fsp3) is 0.500. The molecular formula is C14H14F3NO. The summed E-state index contributed by atoms with van der Waals surface area (Å²) in [6.45, 7) is 0. The summed E-state index contributed by atoms with van der Waals surface area (Å²) in [6, 6.07) is 5.77. The maximum Gasteiger partial charge on any atom is 0.416 e. The van der Waals surface area contributed by atoms with E-state index < -0.39 is 11.7 Å². The second kappa shape index (κ2) is 4.25.